The molecule has 1 amide bonds. The van der Waals surface area contributed by atoms with E-state index in [9.17, 15) is 4.79 Å². The minimum absolute atomic E-state index is 0.0596. The molecule has 2 aromatic rings. The zero-order valence-corrected chi connectivity index (χ0v) is 13.2. The predicted octanol–water partition coefficient (Wildman–Crippen LogP) is 3.37. The Morgan fingerprint density at radius 1 is 1.14 bits per heavy atom. The van der Waals surface area contributed by atoms with Gasteiger partial charge in [-0.25, -0.2) is 0 Å². The Kier molecular flexibility index (Phi) is 4.18. The van der Waals surface area contributed by atoms with E-state index in [0.29, 0.717) is 11.5 Å². The number of hydrogen-bond donors (Lipinski definition) is 0. The van der Waals surface area contributed by atoms with Gasteiger partial charge in [-0.3, -0.25) is 4.79 Å². The van der Waals surface area contributed by atoms with Crippen LogP contribution in [-0.4, -0.2) is 37.0 Å². The Morgan fingerprint density at radius 3 is 2.55 bits per heavy atom. The first kappa shape index (κ1) is 14.7. The molecule has 0 spiro atoms. The van der Waals surface area contributed by atoms with E-state index in [4.69, 9.17) is 4.42 Å². The van der Waals surface area contributed by atoms with Crippen LogP contribution in [0.15, 0.2) is 47.3 Å². The molecule has 1 aliphatic heterocycles. The fourth-order valence-corrected chi connectivity index (χ4v) is 2.82. The summed E-state index contributed by atoms with van der Waals surface area (Å²) in [6, 6.07) is 10.4. The van der Waals surface area contributed by atoms with Gasteiger partial charge in [0, 0.05) is 31.9 Å². The molecule has 1 aromatic heterocycles. The van der Waals surface area contributed by atoms with Gasteiger partial charge in [0.05, 0.1) is 11.8 Å². The number of piperazine rings is 1. The minimum Gasteiger partial charge on any atom is -0.472 e. The summed E-state index contributed by atoms with van der Waals surface area (Å²) in [6.07, 6.45) is 3.06. The molecule has 0 radical (unpaired) electrons. The summed E-state index contributed by atoms with van der Waals surface area (Å²) in [7, 11) is 0. The largest absolute Gasteiger partial charge is 0.472 e. The highest BCUT2D eigenvalue weighted by atomic mass is 16.3. The van der Waals surface area contributed by atoms with Crippen LogP contribution in [0, 0.1) is 0 Å². The molecule has 2 heterocycles. The van der Waals surface area contributed by atoms with Crippen molar-refractivity contribution in [2.24, 2.45) is 0 Å². The third-order valence-electron chi connectivity index (χ3n) is 4.24. The van der Waals surface area contributed by atoms with Crippen molar-refractivity contribution in [1.29, 1.82) is 0 Å². The van der Waals surface area contributed by atoms with Gasteiger partial charge in [0.15, 0.2) is 0 Å². The van der Waals surface area contributed by atoms with Gasteiger partial charge in [-0.05, 0) is 29.7 Å². The average Bonchev–Trinajstić information content (AvgIpc) is 3.09. The summed E-state index contributed by atoms with van der Waals surface area (Å²) in [5.41, 5.74) is 3.24. The molecule has 0 saturated carbocycles. The molecule has 116 valence electrons. The summed E-state index contributed by atoms with van der Waals surface area (Å²) >= 11 is 0. The summed E-state index contributed by atoms with van der Waals surface area (Å²) in [6.45, 7) is 7.64. The SMILES string of the molecule is CC(C)c1cccc(N2CCN(C(=O)c3ccoc3)CC2)c1. The van der Waals surface area contributed by atoms with Crippen LogP contribution in [0.5, 0.6) is 0 Å². The van der Waals surface area contributed by atoms with Crippen molar-refractivity contribution in [3.05, 3.63) is 54.0 Å². The number of benzene rings is 1. The van der Waals surface area contributed by atoms with Gasteiger partial charge in [-0.1, -0.05) is 26.0 Å². The van der Waals surface area contributed by atoms with E-state index in [1.807, 2.05) is 4.90 Å². The first-order chi connectivity index (χ1) is 10.6. The normalized spacial score (nSPS) is 15.4. The minimum atomic E-state index is 0.0596. The van der Waals surface area contributed by atoms with Crippen LogP contribution in [0.2, 0.25) is 0 Å². The number of amides is 1. The second kappa shape index (κ2) is 6.26. The Hall–Kier alpha value is -2.23. The van der Waals surface area contributed by atoms with E-state index >= 15 is 0 Å². The quantitative estimate of drug-likeness (QED) is 0.872. The molecule has 1 fully saturated rings. The number of rotatable bonds is 3. The van der Waals surface area contributed by atoms with Crippen molar-refractivity contribution < 1.29 is 9.21 Å². The smallest absolute Gasteiger partial charge is 0.257 e. The maximum Gasteiger partial charge on any atom is 0.257 e. The second-order valence-corrected chi connectivity index (χ2v) is 6.04. The molecule has 4 nitrogen and oxygen atoms in total. The van der Waals surface area contributed by atoms with Gasteiger partial charge in [-0.2, -0.15) is 0 Å². The number of anilines is 1. The van der Waals surface area contributed by atoms with Crippen LogP contribution in [0.25, 0.3) is 0 Å². The van der Waals surface area contributed by atoms with Crippen molar-refractivity contribution >= 4 is 11.6 Å². The van der Waals surface area contributed by atoms with Crippen LogP contribution in [-0.2, 0) is 0 Å². The van der Waals surface area contributed by atoms with Crippen molar-refractivity contribution in [1.82, 2.24) is 4.90 Å². The first-order valence-electron chi connectivity index (χ1n) is 7.81. The maximum absolute atomic E-state index is 12.3. The fourth-order valence-electron chi connectivity index (χ4n) is 2.82. The zero-order chi connectivity index (χ0) is 15.5. The summed E-state index contributed by atoms with van der Waals surface area (Å²) in [5.74, 6) is 0.591. The Morgan fingerprint density at radius 2 is 1.91 bits per heavy atom. The van der Waals surface area contributed by atoms with E-state index in [1.54, 1.807) is 12.3 Å². The molecule has 4 heteroatoms. The maximum atomic E-state index is 12.3. The number of hydrogen-bond acceptors (Lipinski definition) is 3. The van der Waals surface area contributed by atoms with E-state index in [0.717, 1.165) is 26.2 Å². The Labute approximate surface area is 131 Å². The molecular formula is C18H22N2O2. The topological polar surface area (TPSA) is 36.7 Å². The lowest BCUT2D eigenvalue weighted by molar-refractivity contribution is 0.0746. The van der Waals surface area contributed by atoms with Gasteiger partial charge < -0.3 is 14.2 Å². The van der Waals surface area contributed by atoms with Crippen molar-refractivity contribution in [3.63, 3.8) is 0 Å². The van der Waals surface area contributed by atoms with Gasteiger partial charge >= 0.3 is 0 Å². The number of carbonyl (C=O) groups excluding carboxylic acids is 1. The molecule has 0 N–H and O–H groups in total. The lowest BCUT2D eigenvalue weighted by atomic mass is 10.0. The molecule has 1 aromatic carbocycles. The highest BCUT2D eigenvalue weighted by Gasteiger charge is 2.23. The lowest BCUT2D eigenvalue weighted by Crippen LogP contribution is -2.48. The van der Waals surface area contributed by atoms with Gasteiger partial charge in [0.25, 0.3) is 5.91 Å². The number of carbonyl (C=O) groups is 1. The summed E-state index contributed by atoms with van der Waals surface area (Å²) < 4.78 is 4.99. The molecule has 1 saturated heterocycles. The number of nitrogens with zero attached hydrogens (tertiary/aromatic N) is 2. The molecule has 0 bridgehead atoms. The van der Waals surface area contributed by atoms with Crippen molar-refractivity contribution in [2.75, 3.05) is 31.1 Å². The molecule has 1 aliphatic rings. The van der Waals surface area contributed by atoms with Crippen LogP contribution >= 0.6 is 0 Å². The van der Waals surface area contributed by atoms with Crippen LogP contribution in [0.1, 0.15) is 35.7 Å². The predicted molar refractivity (Wildman–Crippen MR) is 87.4 cm³/mol. The van der Waals surface area contributed by atoms with E-state index < -0.39 is 0 Å². The van der Waals surface area contributed by atoms with E-state index in [1.165, 1.54) is 17.5 Å². The van der Waals surface area contributed by atoms with Crippen molar-refractivity contribution in [3.8, 4) is 0 Å². The van der Waals surface area contributed by atoms with Crippen LogP contribution in [0.4, 0.5) is 5.69 Å². The Balaban J connectivity index is 1.64. The molecular weight excluding hydrogens is 276 g/mol. The van der Waals surface area contributed by atoms with Gasteiger partial charge in [-0.15, -0.1) is 0 Å². The highest BCUT2D eigenvalue weighted by Crippen LogP contribution is 2.23. The zero-order valence-electron chi connectivity index (χ0n) is 13.2. The van der Waals surface area contributed by atoms with Gasteiger partial charge in [0.1, 0.15) is 6.26 Å². The third-order valence-corrected chi connectivity index (χ3v) is 4.24. The molecule has 3 rings (SSSR count). The summed E-state index contributed by atoms with van der Waals surface area (Å²) in [5, 5.41) is 0. The summed E-state index contributed by atoms with van der Waals surface area (Å²) in [4.78, 5) is 16.5. The van der Waals surface area contributed by atoms with E-state index in [2.05, 4.69) is 43.0 Å². The fraction of sp³-hybridized carbons (Fsp3) is 0.389. The standard InChI is InChI=1S/C18H22N2O2/c1-14(2)15-4-3-5-17(12-15)19-7-9-20(10-8-19)18(21)16-6-11-22-13-16/h3-6,11-14H,7-10H2,1-2H3. The van der Waals surface area contributed by atoms with Crippen molar-refractivity contribution in [2.45, 2.75) is 19.8 Å². The van der Waals surface area contributed by atoms with E-state index in [-0.39, 0.29) is 5.91 Å². The highest BCUT2D eigenvalue weighted by molar-refractivity contribution is 5.94. The lowest BCUT2D eigenvalue weighted by Gasteiger charge is -2.36. The average molecular weight is 298 g/mol. The van der Waals surface area contributed by atoms with Crippen LogP contribution in [0.3, 0.4) is 0 Å². The molecule has 0 unspecified atom stereocenters. The third kappa shape index (κ3) is 3.01. The first-order valence-corrected chi connectivity index (χ1v) is 7.81. The van der Waals surface area contributed by atoms with Crippen LogP contribution < -0.4 is 4.90 Å². The van der Waals surface area contributed by atoms with Gasteiger partial charge in [0.2, 0.25) is 0 Å². The number of furan rings is 1. The monoisotopic (exact) mass is 298 g/mol. The molecule has 22 heavy (non-hydrogen) atoms. The Bertz CT molecular complexity index is 626. The second-order valence-electron chi connectivity index (χ2n) is 6.04. The molecule has 0 atom stereocenters. The molecule has 0 aliphatic carbocycles.